The quantitative estimate of drug-likeness (QED) is 0.466. The molecule has 6 heteroatoms. The molecule has 1 fully saturated rings. The zero-order valence-electron chi connectivity index (χ0n) is 9.70. The lowest BCUT2D eigenvalue weighted by molar-refractivity contribution is -0.385. The van der Waals surface area contributed by atoms with E-state index < -0.39 is 4.92 Å². The van der Waals surface area contributed by atoms with Gasteiger partial charge in [-0.1, -0.05) is 0 Å². The minimum atomic E-state index is -0.593. The van der Waals surface area contributed by atoms with Gasteiger partial charge in [-0.15, -0.1) is 0 Å². The van der Waals surface area contributed by atoms with Crippen LogP contribution in [-0.2, 0) is 4.74 Å². The first-order chi connectivity index (χ1) is 8.70. The second-order valence-electron chi connectivity index (χ2n) is 4.01. The van der Waals surface area contributed by atoms with Crippen LogP contribution in [0.5, 0.6) is 5.75 Å². The predicted molar refractivity (Wildman–Crippen MR) is 62.7 cm³/mol. The topological polar surface area (TPSA) is 78.7 Å². The van der Waals surface area contributed by atoms with Crippen molar-refractivity contribution in [1.29, 1.82) is 0 Å². The zero-order valence-corrected chi connectivity index (χ0v) is 9.70. The van der Waals surface area contributed by atoms with E-state index in [-0.39, 0.29) is 17.5 Å². The molecule has 0 aromatic heterocycles. The molecule has 1 atom stereocenters. The smallest absolute Gasteiger partial charge is 0.280 e. The van der Waals surface area contributed by atoms with Gasteiger partial charge in [-0.05, 0) is 25.0 Å². The minimum Gasteiger partial charge on any atom is -0.465 e. The molecule has 1 heterocycles. The number of nitro groups is 1. The Hall–Kier alpha value is -1.95. The van der Waals surface area contributed by atoms with Crippen molar-refractivity contribution < 1.29 is 19.2 Å². The minimum absolute atomic E-state index is 0.00769. The highest BCUT2D eigenvalue weighted by Gasteiger charge is 2.18. The molecule has 0 saturated carbocycles. The maximum Gasteiger partial charge on any atom is 0.280 e. The van der Waals surface area contributed by atoms with Gasteiger partial charge >= 0.3 is 0 Å². The number of nitrogens with zero attached hydrogens (tertiary/aromatic N) is 1. The Bertz CT molecular complexity index is 454. The van der Waals surface area contributed by atoms with Crippen LogP contribution in [0.2, 0.25) is 0 Å². The van der Waals surface area contributed by atoms with Crippen LogP contribution < -0.4 is 4.74 Å². The van der Waals surface area contributed by atoms with E-state index in [4.69, 9.17) is 9.47 Å². The van der Waals surface area contributed by atoms with Gasteiger partial charge < -0.3 is 9.47 Å². The molecule has 1 aliphatic rings. The van der Waals surface area contributed by atoms with Crippen molar-refractivity contribution in [3.05, 3.63) is 33.9 Å². The summed E-state index contributed by atoms with van der Waals surface area (Å²) in [5.41, 5.74) is -0.213. The summed E-state index contributed by atoms with van der Waals surface area (Å²) in [6.07, 6.45) is 2.94. The Labute approximate surface area is 104 Å². The maximum absolute atomic E-state index is 10.8. The first-order valence-electron chi connectivity index (χ1n) is 5.72. The van der Waals surface area contributed by atoms with Crippen molar-refractivity contribution in [3.8, 4) is 5.75 Å². The van der Waals surface area contributed by atoms with E-state index in [0.717, 1.165) is 19.3 Å². The van der Waals surface area contributed by atoms with E-state index in [9.17, 15) is 14.9 Å². The van der Waals surface area contributed by atoms with Crippen LogP contribution in [0.4, 0.5) is 5.69 Å². The summed E-state index contributed by atoms with van der Waals surface area (Å²) in [5.74, 6) is 0.412. The first kappa shape index (κ1) is 12.5. The van der Waals surface area contributed by atoms with Crippen molar-refractivity contribution in [3.63, 3.8) is 0 Å². The number of hydrogen-bond acceptors (Lipinski definition) is 5. The molecule has 0 aliphatic carbocycles. The molecule has 0 radical (unpaired) electrons. The van der Waals surface area contributed by atoms with Gasteiger partial charge in [0.15, 0.2) is 12.6 Å². The van der Waals surface area contributed by atoms with Gasteiger partial charge in [0.25, 0.3) is 5.69 Å². The average Bonchev–Trinajstić information content (AvgIpc) is 2.39. The molecular formula is C12H13NO5. The summed E-state index contributed by atoms with van der Waals surface area (Å²) >= 11 is 0. The van der Waals surface area contributed by atoms with E-state index in [2.05, 4.69) is 0 Å². The highest BCUT2D eigenvalue weighted by molar-refractivity contribution is 5.82. The monoisotopic (exact) mass is 251 g/mol. The lowest BCUT2D eigenvalue weighted by Gasteiger charge is -2.23. The predicted octanol–water partition coefficient (Wildman–Crippen LogP) is 2.31. The molecule has 2 rings (SSSR count). The van der Waals surface area contributed by atoms with Crippen molar-refractivity contribution in [2.24, 2.45) is 0 Å². The van der Waals surface area contributed by atoms with E-state index in [0.29, 0.717) is 18.6 Å². The molecule has 1 aromatic rings. The highest BCUT2D eigenvalue weighted by atomic mass is 16.7. The third-order valence-electron chi connectivity index (χ3n) is 2.73. The fourth-order valence-electron chi connectivity index (χ4n) is 1.82. The Morgan fingerprint density at radius 3 is 2.89 bits per heavy atom. The molecule has 6 nitrogen and oxygen atoms in total. The van der Waals surface area contributed by atoms with Crippen molar-refractivity contribution in [2.45, 2.75) is 25.6 Å². The standard InChI is InChI=1S/C12H13NO5/c14-8-9-7-10(4-5-11(9)13(15)16)18-12-3-1-2-6-17-12/h4-5,7-8,12H,1-3,6H2. The van der Waals surface area contributed by atoms with Crippen LogP contribution in [0.3, 0.4) is 0 Å². The second-order valence-corrected chi connectivity index (χ2v) is 4.01. The van der Waals surface area contributed by atoms with Crippen molar-refractivity contribution in [1.82, 2.24) is 0 Å². The lowest BCUT2D eigenvalue weighted by Crippen LogP contribution is -2.25. The second kappa shape index (κ2) is 5.59. The van der Waals surface area contributed by atoms with Gasteiger partial charge in [0.05, 0.1) is 17.1 Å². The summed E-state index contributed by atoms with van der Waals surface area (Å²) in [5, 5.41) is 10.7. The van der Waals surface area contributed by atoms with Gasteiger partial charge in [0.1, 0.15) is 5.75 Å². The normalized spacial score (nSPS) is 19.2. The largest absolute Gasteiger partial charge is 0.465 e. The molecular weight excluding hydrogens is 238 g/mol. The number of nitro benzene ring substituents is 1. The summed E-state index contributed by atoms with van der Waals surface area (Å²) in [7, 11) is 0. The lowest BCUT2D eigenvalue weighted by atomic mass is 10.2. The first-order valence-corrected chi connectivity index (χ1v) is 5.72. The molecule has 1 saturated heterocycles. The van der Waals surface area contributed by atoms with E-state index in [1.165, 1.54) is 18.2 Å². The maximum atomic E-state index is 10.8. The van der Waals surface area contributed by atoms with Crippen LogP contribution >= 0.6 is 0 Å². The van der Waals surface area contributed by atoms with E-state index in [1.54, 1.807) is 0 Å². The Morgan fingerprint density at radius 1 is 1.44 bits per heavy atom. The van der Waals surface area contributed by atoms with Gasteiger partial charge in [0.2, 0.25) is 0 Å². The molecule has 96 valence electrons. The highest BCUT2D eigenvalue weighted by Crippen LogP contribution is 2.25. The Morgan fingerprint density at radius 2 is 2.28 bits per heavy atom. The third-order valence-corrected chi connectivity index (χ3v) is 2.73. The molecule has 1 unspecified atom stereocenters. The summed E-state index contributed by atoms with van der Waals surface area (Å²) < 4.78 is 10.9. The molecule has 0 amide bonds. The fourth-order valence-corrected chi connectivity index (χ4v) is 1.82. The Kier molecular flexibility index (Phi) is 3.88. The Balaban J connectivity index is 2.13. The van der Waals surface area contributed by atoms with Gasteiger partial charge in [-0.3, -0.25) is 14.9 Å². The van der Waals surface area contributed by atoms with Gasteiger partial charge in [-0.25, -0.2) is 0 Å². The number of carbonyl (C=O) groups is 1. The number of carbonyl (C=O) groups excluding carboxylic acids is 1. The number of ether oxygens (including phenoxy) is 2. The van der Waals surface area contributed by atoms with Crippen molar-refractivity contribution >= 4 is 12.0 Å². The zero-order chi connectivity index (χ0) is 13.0. The molecule has 18 heavy (non-hydrogen) atoms. The molecule has 1 aliphatic heterocycles. The van der Waals surface area contributed by atoms with Gasteiger partial charge in [-0.2, -0.15) is 0 Å². The fraction of sp³-hybridized carbons (Fsp3) is 0.417. The summed E-state index contributed by atoms with van der Waals surface area (Å²) in [4.78, 5) is 20.9. The molecule has 1 aromatic carbocycles. The number of aldehydes is 1. The number of hydrogen-bond donors (Lipinski definition) is 0. The van der Waals surface area contributed by atoms with Crippen LogP contribution in [-0.4, -0.2) is 24.1 Å². The van der Waals surface area contributed by atoms with Gasteiger partial charge in [0, 0.05) is 12.5 Å². The third kappa shape index (κ3) is 2.84. The summed E-state index contributed by atoms with van der Waals surface area (Å²) in [6, 6.07) is 4.11. The number of benzene rings is 1. The van der Waals surface area contributed by atoms with Crippen LogP contribution in [0.25, 0.3) is 0 Å². The number of rotatable bonds is 4. The van der Waals surface area contributed by atoms with Crippen molar-refractivity contribution in [2.75, 3.05) is 6.61 Å². The van der Waals surface area contributed by atoms with E-state index in [1.807, 2.05) is 0 Å². The molecule has 0 N–H and O–H groups in total. The molecule has 0 spiro atoms. The van der Waals surface area contributed by atoms with Crippen LogP contribution in [0.15, 0.2) is 18.2 Å². The summed E-state index contributed by atoms with van der Waals surface area (Å²) in [6.45, 7) is 0.651. The van der Waals surface area contributed by atoms with E-state index >= 15 is 0 Å². The SMILES string of the molecule is O=Cc1cc(OC2CCCCO2)ccc1[N+](=O)[O-]. The van der Waals surface area contributed by atoms with Crippen LogP contribution in [0, 0.1) is 10.1 Å². The van der Waals surface area contributed by atoms with Crippen LogP contribution in [0.1, 0.15) is 29.6 Å². The molecule has 0 bridgehead atoms. The average molecular weight is 251 g/mol.